The van der Waals surface area contributed by atoms with Crippen LogP contribution in [-0.2, 0) is 11.3 Å². The van der Waals surface area contributed by atoms with E-state index in [0.717, 1.165) is 11.6 Å². The van der Waals surface area contributed by atoms with E-state index >= 15 is 0 Å². The van der Waals surface area contributed by atoms with Crippen molar-refractivity contribution in [1.82, 2.24) is 9.97 Å². The number of nitrogens with one attached hydrogen (secondary N) is 1. The van der Waals surface area contributed by atoms with Gasteiger partial charge >= 0.3 is 5.97 Å². The molecule has 132 valence electrons. The van der Waals surface area contributed by atoms with Crippen molar-refractivity contribution < 1.29 is 9.90 Å². The molecule has 6 nitrogen and oxygen atoms in total. The lowest BCUT2D eigenvalue weighted by molar-refractivity contribution is -0.142. The van der Waals surface area contributed by atoms with Crippen molar-refractivity contribution in [2.24, 2.45) is 5.92 Å². The lowest BCUT2D eigenvalue weighted by Crippen LogP contribution is -2.36. The van der Waals surface area contributed by atoms with Crippen LogP contribution in [0, 0.1) is 19.8 Å². The normalized spacial score (nSPS) is 15.2. The van der Waals surface area contributed by atoms with E-state index in [2.05, 4.69) is 39.2 Å². The van der Waals surface area contributed by atoms with Crippen LogP contribution >= 0.6 is 0 Å². The molecule has 1 aromatic carbocycles. The van der Waals surface area contributed by atoms with E-state index in [9.17, 15) is 4.79 Å². The summed E-state index contributed by atoms with van der Waals surface area (Å²) in [5, 5.41) is 12.5. The molecule has 3 rings (SSSR count). The minimum atomic E-state index is -0.695. The molecule has 25 heavy (non-hydrogen) atoms. The Balaban J connectivity index is 1.69. The lowest BCUT2D eigenvalue weighted by Gasteiger charge is -2.31. The van der Waals surface area contributed by atoms with Gasteiger partial charge in [-0.25, -0.2) is 9.97 Å². The third-order valence-corrected chi connectivity index (χ3v) is 4.71. The highest BCUT2D eigenvalue weighted by molar-refractivity contribution is 5.70. The summed E-state index contributed by atoms with van der Waals surface area (Å²) in [6, 6.07) is 10.2. The van der Waals surface area contributed by atoms with Crippen LogP contribution in [0.4, 0.5) is 11.6 Å². The van der Waals surface area contributed by atoms with E-state index in [4.69, 9.17) is 5.11 Å². The molecule has 6 heteroatoms. The molecule has 0 bridgehead atoms. The average Bonchev–Trinajstić information content (AvgIpc) is 2.60. The van der Waals surface area contributed by atoms with Crippen molar-refractivity contribution in [1.29, 1.82) is 0 Å². The summed E-state index contributed by atoms with van der Waals surface area (Å²) in [5.74, 6) is 1.44. The first-order chi connectivity index (χ1) is 12.0. The van der Waals surface area contributed by atoms with E-state index in [1.165, 1.54) is 11.1 Å². The Kier molecular flexibility index (Phi) is 5.16. The second-order valence-corrected chi connectivity index (χ2v) is 6.54. The first-order valence-corrected chi connectivity index (χ1v) is 8.65. The molecule has 1 fully saturated rings. The van der Waals surface area contributed by atoms with Crippen LogP contribution in [-0.4, -0.2) is 34.1 Å². The van der Waals surface area contributed by atoms with Gasteiger partial charge in [0.2, 0.25) is 0 Å². The monoisotopic (exact) mass is 340 g/mol. The Morgan fingerprint density at radius 1 is 1.24 bits per heavy atom. The molecule has 0 spiro atoms. The van der Waals surface area contributed by atoms with E-state index in [1.54, 1.807) is 0 Å². The third-order valence-electron chi connectivity index (χ3n) is 4.71. The highest BCUT2D eigenvalue weighted by Crippen LogP contribution is 2.24. The highest BCUT2D eigenvalue weighted by atomic mass is 16.4. The number of piperidine rings is 1. The number of carboxylic acids is 1. The molecule has 2 aromatic rings. The van der Waals surface area contributed by atoms with Crippen molar-refractivity contribution in [3.63, 3.8) is 0 Å². The highest BCUT2D eigenvalue weighted by Gasteiger charge is 2.25. The third kappa shape index (κ3) is 4.26. The van der Waals surface area contributed by atoms with Gasteiger partial charge in [-0.05, 0) is 37.8 Å². The van der Waals surface area contributed by atoms with Crippen molar-refractivity contribution in [3.8, 4) is 0 Å². The van der Waals surface area contributed by atoms with Gasteiger partial charge in [-0.15, -0.1) is 0 Å². The van der Waals surface area contributed by atoms with Crippen LogP contribution in [0.2, 0.25) is 0 Å². The molecule has 2 heterocycles. The zero-order valence-corrected chi connectivity index (χ0v) is 14.7. The van der Waals surface area contributed by atoms with Gasteiger partial charge < -0.3 is 15.3 Å². The number of carboxylic acid groups (broad SMARTS) is 1. The van der Waals surface area contributed by atoms with E-state index < -0.39 is 5.97 Å². The molecular weight excluding hydrogens is 316 g/mol. The number of hydrogen-bond donors (Lipinski definition) is 2. The van der Waals surface area contributed by atoms with Crippen LogP contribution in [0.25, 0.3) is 0 Å². The number of carbonyl (C=O) groups is 1. The Morgan fingerprint density at radius 2 is 1.96 bits per heavy atom. The summed E-state index contributed by atoms with van der Waals surface area (Å²) in [6.45, 7) is 6.12. The number of anilines is 2. The average molecular weight is 340 g/mol. The van der Waals surface area contributed by atoms with Crippen LogP contribution in [0.15, 0.2) is 30.3 Å². The quantitative estimate of drug-likeness (QED) is 0.871. The molecule has 0 saturated carbocycles. The van der Waals surface area contributed by atoms with Crippen LogP contribution in [0.3, 0.4) is 0 Å². The fourth-order valence-corrected chi connectivity index (χ4v) is 3.15. The molecule has 0 unspecified atom stereocenters. The molecule has 1 aliphatic heterocycles. The Morgan fingerprint density at radius 3 is 2.64 bits per heavy atom. The zero-order chi connectivity index (χ0) is 17.8. The maximum atomic E-state index is 11.1. The predicted molar refractivity (Wildman–Crippen MR) is 97.8 cm³/mol. The summed E-state index contributed by atoms with van der Waals surface area (Å²) in [4.78, 5) is 22.2. The molecule has 2 N–H and O–H groups in total. The lowest BCUT2D eigenvalue weighted by atomic mass is 9.97. The van der Waals surface area contributed by atoms with Crippen molar-refractivity contribution in [2.45, 2.75) is 33.2 Å². The topological polar surface area (TPSA) is 78.4 Å². The molecule has 0 atom stereocenters. The number of rotatable bonds is 5. The number of aromatic nitrogens is 2. The predicted octanol–water partition coefficient (Wildman–Crippen LogP) is 3.01. The zero-order valence-electron chi connectivity index (χ0n) is 14.7. The van der Waals surface area contributed by atoms with Crippen molar-refractivity contribution in [2.75, 3.05) is 23.3 Å². The molecule has 0 amide bonds. The maximum Gasteiger partial charge on any atom is 0.306 e. The maximum absolute atomic E-state index is 11.1. The van der Waals surface area contributed by atoms with Gasteiger partial charge in [-0.1, -0.05) is 24.3 Å². The summed E-state index contributed by atoms with van der Waals surface area (Å²) in [5.41, 5.74) is 2.49. The van der Waals surface area contributed by atoms with Gasteiger partial charge in [0.25, 0.3) is 0 Å². The molecule has 1 aromatic heterocycles. The van der Waals surface area contributed by atoms with Crippen molar-refractivity contribution >= 4 is 17.6 Å². The second-order valence-electron chi connectivity index (χ2n) is 6.54. The van der Waals surface area contributed by atoms with Gasteiger partial charge in [0, 0.05) is 25.7 Å². The van der Waals surface area contributed by atoms with Crippen LogP contribution in [0.1, 0.15) is 29.8 Å². The number of hydrogen-bond acceptors (Lipinski definition) is 5. The number of nitrogens with zero attached hydrogens (tertiary/aromatic N) is 3. The van der Waals surface area contributed by atoms with Gasteiger partial charge in [-0.2, -0.15) is 0 Å². The van der Waals surface area contributed by atoms with Crippen LogP contribution in [0.5, 0.6) is 0 Å². The first kappa shape index (κ1) is 17.2. The summed E-state index contributed by atoms with van der Waals surface area (Å²) < 4.78 is 0. The largest absolute Gasteiger partial charge is 0.481 e. The standard InChI is InChI=1S/C19H24N4O2/c1-13-5-3-4-6-16(13)12-20-17-11-18(22-14(2)21-17)23-9-7-15(8-10-23)19(24)25/h3-6,11,15H,7-10,12H2,1-2H3,(H,24,25)(H,20,21,22). The van der Waals surface area contributed by atoms with E-state index in [0.29, 0.717) is 38.3 Å². The molecule has 1 aliphatic rings. The molecule has 1 saturated heterocycles. The second kappa shape index (κ2) is 7.51. The van der Waals surface area contributed by atoms with Crippen LogP contribution < -0.4 is 10.2 Å². The van der Waals surface area contributed by atoms with Gasteiger partial charge in [0.1, 0.15) is 17.5 Å². The van der Waals surface area contributed by atoms with E-state index in [1.807, 2.05) is 25.1 Å². The summed E-state index contributed by atoms with van der Waals surface area (Å²) in [7, 11) is 0. The van der Waals surface area contributed by atoms with Gasteiger partial charge in [0.05, 0.1) is 5.92 Å². The fourth-order valence-electron chi connectivity index (χ4n) is 3.15. The fraction of sp³-hybridized carbons (Fsp3) is 0.421. The van der Waals surface area contributed by atoms with Gasteiger partial charge in [-0.3, -0.25) is 4.79 Å². The smallest absolute Gasteiger partial charge is 0.306 e. The molecule has 0 aliphatic carbocycles. The first-order valence-electron chi connectivity index (χ1n) is 8.65. The number of aryl methyl sites for hydroxylation is 2. The van der Waals surface area contributed by atoms with E-state index in [-0.39, 0.29) is 5.92 Å². The summed E-state index contributed by atoms with van der Waals surface area (Å²) in [6.07, 6.45) is 1.31. The number of benzene rings is 1. The molecule has 0 radical (unpaired) electrons. The Labute approximate surface area is 147 Å². The molecular formula is C19H24N4O2. The van der Waals surface area contributed by atoms with Crippen molar-refractivity contribution in [3.05, 3.63) is 47.3 Å². The Bertz CT molecular complexity index is 755. The minimum absolute atomic E-state index is 0.238. The summed E-state index contributed by atoms with van der Waals surface area (Å²) >= 11 is 0. The van der Waals surface area contributed by atoms with Gasteiger partial charge in [0.15, 0.2) is 0 Å². The number of aliphatic carboxylic acids is 1. The Hall–Kier alpha value is -2.63. The SMILES string of the molecule is Cc1nc(NCc2ccccc2C)cc(N2CCC(C(=O)O)CC2)n1. The minimum Gasteiger partial charge on any atom is -0.481 e.